The molecule has 0 radical (unpaired) electrons. The van der Waals surface area contributed by atoms with E-state index in [0.717, 1.165) is 11.3 Å². The lowest BCUT2D eigenvalue weighted by Crippen LogP contribution is -2.22. The summed E-state index contributed by atoms with van der Waals surface area (Å²) in [6.45, 7) is 0. The van der Waals surface area contributed by atoms with Crippen LogP contribution < -0.4 is 15.3 Å². The highest BCUT2D eigenvalue weighted by molar-refractivity contribution is 5.87. The van der Waals surface area contributed by atoms with Crippen molar-refractivity contribution in [1.29, 1.82) is 0 Å². The molecule has 0 unspecified atom stereocenters. The van der Waals surface area contributed by atoms with Crippen LogP contribution in [0.2, 0.25) is 0 Å². The van der Waals surface area contributed by atoms with Crippen molar-refractivity contribution in [3.63, 3.8) is 0 Å². The molecule has 0 aliphatic heterocycles. The monoisotopic (exact) mass is 269 g/mol. The zero-order valence-electron chi connectivity index (χ0n) is 10.9. The number of hydrogen-bond acceptors (Lipinski definition) is 5. The number of anilines is 1. The first kappa shape index (κ1) is 13.6. The molecule has 0 aliphatic carbocycles. The van der Waals surface area contributed by atoms with Crippen molar-refractivity contribution in [3.8, 4) is 5.75 Å². The summed E-state index contributed by atoms with van der Waals surface area (Å²) in [6.07, 6.45) is 1.63. The third-order valence-electron chi connectivity index (χ3n) is 2.62. The van der Waals surface area contributed by atoms with Crippen molar-refractivity contribution in [2.24, 2.45) is 5.10 Å². The van der Waals surface area contributed by atoms with Gasteiger partial charge in [-0.2, -0.15) is 5.10 Å². The number of methoxy groups -OCH3 is 1. The van der Waals surface area contributed by atoms with E-state index in [1.54, 1.807) is 25.5 Å². The molecule has 0 atom stereocenters. The second kappa shape index (κ2) is 6.38. The number of benzene rings is 2. The second-order valence-corrected chi connectivity index (χ2v) is 4.01. The Hall–Kier alpha value is -2.82. The van der Waals surface area contributed by atoms with Gasteiger partial charge in [-0.25, -0.2) is 0 Å². The number of hydrazone groups is 1. The minimum Gasteiger partial charge on any atom is -0.545 e. The fourth-order valence-electron chi connectivity index (χ4n) is 1.59. The van der Waals surface area contributed by atoms with Crippen LogP contribution in [-0.4, -0.2) is 19.3 Å². The molecule has 2 aromatic carbocycles. The van der Waals surface area contributed by atoms with Gasteiger partial charge in [0.05, 0.1) is 25.0 Å². The number of hydrogen-bond donors (Lipinski definition) is 1. The molecule has 0 heterocycles. The maximum Gasteiger partial charge on any atom is 0.118 e. The number of nitrogens with one attached hydrogen (secondary N) is 1. The van der Waals surface area contributed by atoms with Gasteiger partial charge in [-0.15, -0.1) is 0 Å². The zero-order chi connectivity index (χ0) is 14.4. The molecule has 0 saturated carbocycles. The lowest BCUT2D eigenvalue weighted by Gasteiger charge is -2.05. The Kier molecular flexibility index (Phi) is 4.34. The third-order valence-corrected chi connectivity index (χ3v) is 2.62. The average Bonchev–Trinajstić information content (AvgIpc) is 2.48. The van der Waals surface area contributed by atoms with Crippen LogP contribution in [0, 0.1) is 0 Å². The minimum atomic E-state index is -1.22. The lowest BCUT2D eigenvalue weighted by molar-refractivity contribution is -0.255. The number of aromatic carboxylic acids is 1. The van der Waals surface area contributed by atoms with E-state index < -0.39 is 5.97 Å². The SMILES string of the molecule is COc1ccc(/C=N\Nc2cccc(C(=O)[O-])c2)cc1. The molecule has 0 aromatic heterocycles. The predicted molar refractivity (Wildman–Crippen MR) is 75.0 cm³/mol. The Morgan fingerprint density at radius 2 is 2.00 bits per heavy atom. The van der Waals surface area contributed by atoms with Crippen LogP contribution in [0.15, 0.2) is 53.6 Å². The van der Waals surface area contributed by atoms with E-state index in [0.29, 0.717) is 5.69 Å². The molecule has 0 fully saturated rings. The van der Waals surface area contributed by atoms with Gasteiger partial charge in [-0.1, -0.05) is 12.1 Å². The quantitative estimate of drug-likeness (QED) is 0.659. The number of ether oxygens (including phenoxy) is 1. The van der Waals surface area contributed by atoms with Crippen molar-refractivity contribution in [2.45, 2.75) is 0 Å². The molecule has 20 heavy (non-hydrogen) atoms. The van der Waals surface area contributed by atoms with E-state index >= 15 is 0 Å². The molecular weight excluding hydrogens is 256 g/mol. The van der Waals surface area contributed by atoms with Crippen LogP contribution in [0.25, 0.3) is 0 Å². The summed E-state index contributed by atoms with van der Waals surface area (Å²) >= 11 is 0. The lowest BCUT2D eigenvalue weighted by atomic mass is 10.2. The largest absolute Gasteiger partial charge is 0.545 e. The number of carboxylic acid groups (broad SMARTS) is 1. The van der Waals surface area contributed by atoms with Crippen molar-refractivity contribution >= 4 is 17.9 Å². The summed E-state index contributed by atoms with van der Waals surface area (Å²) in [5, 5.41) is 14.8. The first-order chi connectivity index (χ1) is 9.69. The highest BCUT2D eigenvalue weighted by Crippen LogP contribution is 2.11. The fraction of sp³-hybridized carbons (Fsp3) is 0.0667. The van der Waals surface area contributed by atoms with Crippen LogP contribution in [0.5, 0.6) is 5.75 Å². The number of carbonyl (C=O) groups excluding carboxylic acids is 1. The maximum atomic E-state index is 10.7. The number of carboxylic acids is 1. The molecule has 102 valence electrons. The Morgan fingerprint density at radius 1 is 1.25 bits per heavy atom. The van der Waals surface area contributed by atoms with Gasteiger partial charge >= 0.3 is 0 Å². The van der Waals surface area contributed by atoms with Crippen molar-refractivity contribution in [2.75, 3.05) is 12.5 Å². The highest BCUT2D eigenvalue weighted by Gasteiger charge is 1.95. The topological polar surface area (TPSA) is 73.8 Å². The van der Waals surface area contributed by atoms with Crippen LogP contribution in [-0.2, 0) is 0 Å². The third kappa shape index (κ3) is 3.58. The average molecular weight is 269 g/mol. The predicted octanol–water partition coefficient (Wildman–Crippen LogP) is 1.50. The molecule has 0 bridgehead atoms. The molecule has 1 N–H and O–H groups in total. The van der Waals surface area contributed by atoms with E-state index in [-0.39, 0.29) is 5.56 Å². The van der Waals surface area contributed by atoms with Gasteiger partial charge < -0.3 is 14.6 Å². The molecule has 5 heteroatoms. The Bertz CT molecular complexity index is 621. The van der Waals surface area contributed by atoms with Crippen LogP contribution >= 0.6 is 0 Å². The van der Waals surface area contributed by atoms with Crippen LogP contribution in [0.4, 0.5) is 5.69 Å². The van der Waals surface area contributed by atoms with E-state index in [1.807, 2.05) is 24.3 Å². The summed E-state index contributed by atoms with van der Waals surface area (Å²) in [6, 6.07) is 13.7. The Balaban J connectivity index is 2.02. The van der Waals surface area contributed by atoms with Gasteiger partial charge in [0.25, 0.3) is 0 Å². The van der Waals surface area contributed by atoms with E-state index in [2.05, 4.69) is 10.5 Å². The van der Waals surface area contributed by atoms with Gasteiger partial charge in [0.15, 0.2) is 0 Å². The number of carbonyl (C=O) groups is 1. The number of nitrogens with zero attached hydrogens (tertiary/aromatic N) is 1. The molecule has 0 aliphatic rings. The minimum absolute atomic E-state index is 0.106. The van der Waals surface area contributed by atoms with Crippen molar-refractivity contribution < 1.29 is 14.6 Å². The zero-order valence-corrected chi connectivity index (χ0v) is 10.9. The summed E-state index contributed by atoms with van der Waals surface area (Å²) in [7, 11) is 1.61. The second-order valence-electron chi connectivity index (χ2n) is 4.01. The molecular formula is C15H13N2O3-. The summed E-state index contributed by atoms with van der Waals surface area (Å²) in [4.78, 5) is 10.7. The van der Waals surface area contributed by atoms with E-state index in [1.165, 1.54) is 12.1 Å². The summed E-state index contributed by atoms with van der Waals surface area (Å²) < 4.78 is 5.06. The molecule has 0 spiro atoms. The molecule has 5 nitrogen and oxygen atoms in total. The summed E-state index contributed by atoms with van der Waals surface area (Å²) in [5.74, 6) is -0.440. The highest BCUT2D eigenvalue weighted by atomic mass is 16.5. The van der Waals surface area contributed by atoms with Gasteiger partial charge in [0.1, 0.15) is 5.75 Å². The first-order valence-corrected chi connectivity index (χ1v) is 5.93. The van der Waals surface area contributed by atoms with Gasteiger partial charge in [-0.3, -0.25) is 5.43 Å². The smallest absolute Gasteiger partial charge is 0.118 e. The van der Waals surface area contributed by atoms with Crippen LogP contribution in [0.1, 0.15) is 15.9 Å². The van der Waals surface area contributed by atoms with E-state index in [4.69, 9.17) is 4.74 Å². The number of rotatable bonds is 5. The molecule has 0 amide bonds. The standard InChI is InChI=1S/C15H14N2O3/c1-20-14-7-5-11(6-8-14)10-16-17-13-4-2-3-12(9-13)15(18)19/h2-10,17H,1H3,(H,18,19)/p-1/b16-10-. The van der Waals surface area contributed by atoms with Gasteiger partial charge in [-0.05, 0) is 47.5 Å². The van der Waals surface area contributed by atoms with Gasteiger partial charge in [0, 0.05) is 0 Å². The molecule has 0 saturated heterocycles. The normalized spacial score (nSPS) is 10.4. The van der Waals surface area contributed by atoms with Crippen molar-refractivity contribution in [1.82, 2.24) is 0 Å². The molecule has 2 aromatic rings. The fourth-order valence-corrected chi connectivity index (χ4v) is 1.59. The molecule has 2 rings (SSSR count). The van der Waals surface area contributed by atoms with Crippen LogP contribution in [0.3, 0.4) is 0 Å². The van der Waals surface area contributed by atoms with E-state index in [9.17, 15) is 9.90 Å². The Labute approximate surface area is 116 Å². The Morgan fingerprint density at radius 3 is 2.65 bits per heavy atom. The maximum absolute atomic E-state index is 10.7. The van der Waals surface area contributed by atoms with Gasteiger partial charge in [0.2, 0.25) is 0 Å². The van der Waals surface area contributed by atoms with Crippen molar-refractivity contribution in [3.05, 3.63) is 59.7 Å². The summed E-state index contributed by atoms with van der Waals surface area (Å²) in [5.41, 5.74) is 4.35. The first-order valence-electron chi connectivity index (χ1n) is 5.93.